The van der Waals surface area contributed by atoms with Crippen LogP contribution in [0.5, 0.6) is 0 Å². The quantitative estimate of drug-likeness (QED) is 0.837. The number of hydrogen-bond donors (Lipinski definition) is 1. The number of benzene rings is 1. The number of nitrogens with one attached hydrogen (secondary N) is 1. The molecular weight excluding hydrogens is 224 g/mol. The van der Waals surface area contributed by atoms with Crippen LogP contribution < -0.4 is 5.32 Å². The third kappa shape index (κ3) is 4.15. The summed E-state index contributed by atoms with van der Waals surface area (Å²) in [5.41, 5.74) is 1.26. The largest absolute Gasteiger partial charge is 0.354 e. The first-order valence-corrected chi connectivity index (χ1v) is 6.59. The van der Waals surface area contributed by atoms with Gasteiger partial charge in [0.05, 0.1) is 6.04 Å². The fourth-order valence-electron chi connectivity index (χ4n) is 1.77. The van der Waals surface area contributed by atoms with Crippen LogP contribution in [-0.4, -0.2) is 37.0 Å². The van der Waals surface area contributed by atoms with Crippen molar-refractivity contribution in [2.75, 3.05) is 20.1 Å². The maximum atomic E-state index is 11.9. The van der Waals surface area contributed by atoms with Gasteiger partial charge in [-0.15, -0.1) is 0 Å². The Bertz CT molecular complexity index is 364. The summed E-state index contributed by atoms with van der Waals surface area (Å²) in [5.74, 6) is 0.441. The topological polar surface area (TPSA) is 32.3 Å². The molecule has 0 heterocycles. The van der Waals surface area contributed by atoms with E-state index >= 15 is 0 Å². The summed E-state index contributed by atoms with van der Waals surface area (Å²) in [7, 11) is 1.96. The molecule has 0 aromatic heterocycles. The first-order valence-electron chi connectivity index (χ1n) is 6.59. The van der Waals surface area contributed by atoms with Gasteiger partial charge in [-0.3, -0.25) is 9.69 Å². The molecule has 0 aliphatic rings. The number of nitrogens with zero attached hydrogens (tertiary/aromatic N) is 1. The van der Waals surface area contributed by atoms with Crippen LogP contribution in [0.1, 0.15) is 32.3 Å². The SMILES string of the molecule is CCN(C)C(C)C(=O)NCC(C)c1ccccc1. The molecule has 18 heavy (non-hydrogen) atoms. The lowest BCUT2D eigenvalue weighted by molar-refractivity contribution is -0.125. The molecule has 1 aromatic carbocycles. The summed E-state index contributed by atoms with van der Waals surface area (Å²) in [6.07, 6.45) is 0. The van der Waals surface area contributed by atoms with Gasteiger partial charge in [0.1, 0.15) is 0 Å². The third-order valence-electron chi connectivity index (χ3n) is 3.49. The van der Waals surface area contributed by atoms with E-state index in [9.17, 15) is 4.79 Å². The van der Waals surface area contributed by atoms with Crippen LogP contribution in [-0.2, 0) is 4.79 Å². The molecule has 1 N–H and O–H groups in total. The van der Waals surface area contributed by atoms with E-state index in [4.69, 9.17) is 0 Å². The summed E-state index contributed by atoms with van der Waals surface area (Å²) >= 11 is 0. The minimum Gasteiger partial charge on any atom is -0.354 e. The van der Waals surface area contributed by atoms with Gasteiger partial charge in [-0.05, 0) is 32.0 Å². The molecule has 0 spiro atoms. The lowest BCUT2D eigenvalue weighted by Crippen LogP contribution is -2.44. The van der Waals surface area contributed by atoms with Crippen molar-refractivity contribution in [2.24, 2.45) is 0 Å². The van der Waals surface area contributed by atoms with Gasteiger partial charge in [-0.1, -0.05) is 44.2 Å². The van der Waals surface area contributed by atoms with Crippen LogP contribution >= 0.6 is 0 Å². The molecule has 2 atom stereocenters. The van der Waals surface area contributed by atoms with E-state index in [0.717, 1.165) is 6.54 Å². The first-order chi connectivity index (χ1) is 8.56. The van der Waals surface area contributed by atoms with Crippen LogP contribution in [0, 0.1) is 0 Å². The molecule has 1 aromatic rings. The van der Waals surface area contributed by atoms with E-state index in [1.54, 1.807) is 0 Å². The second-order valence-electron chi connectivity index (χ2n) is 4.81. The van der Waals surface area contributed by atoms with Gasteiger partial charge in [0, 0.05) is 6.54 Å². The molecule has 100 valence electrons. The molecule has 3 nitrogen and oxygen atoms in total. The van der Waals surface area contributed by atoms with Crippen molar-refractivity contribution in [1.29, 1.82) is 0 Å². The van der Waals surface area contributed by atoms with E-state index < -0.39 is 0 Å². The van der Waals surface area contributed by atoms with Gasteiger partial charge in [0.2, 0.25) is 5.91 Å². The van der Waals surface area contributed by atoms with Gasteiger partial charge >= 0.3 is 0 Å². The Morgan fingerprint density at radius 1 is 1.28 bits per heavy atom. The van der Waals surface area contributed by atoms with Gasteiger partial charge in [0.15, 0.2) is 0 Å². The predicted octanol–water partition coefficient (Wildman–Crippen LogP) is 2.25. The van der Waals surface area contributed by atoms with Crippen LogP contribution in [0.25, 0.3) is 0 Å². The highest BCUT2D eigenvalue weighted by molar-refractivity contribution is 5.81. The Morgan fingerprint density at radius 3 is 2.44 bits per heavy atom. The summed E-state index contributed by atoms with van der Waals surface area (Å²) in [5, 5.41) is 3.02. The molecular formula is C15H24N2O. The summed E-state index contributed by atoms with van der Waals surface area (Å²) < 4.78 is 0. The molecule has 0 radical (unpaired) electrons. The molecule has 1 amide bonds. The fraction of sp³-hybridized carbons (Fsp3) is 0.533. The van der Waals surface area contributed by atoms with Gasteiger partial charge in [-0.2, -0.15) is 0 Å². The summed E-state index contributed by atoms with van der Waals surface area (Å²) in [4.78, 5) is 14.0. The number of amides is 1. The number of carbonyl (C=O) groups excluding carboxylic acids is 1. The number of likely N-dealkylation sites (N-methyl/N-ethyl adjacent to an activating group) is 1. The molecule has 1 rings (SSSR count). The van der Waals surface area contributed by atoms with Gasteiger partial charge < -0.3 is 5.32 Å². The molecule has 0 aliphatic carbocycles. The van der Waals surface area contributed by atoms with Crippen molar-refractivity contribution >= 4 is 5.91 Å². The van der Waals surface area contributed by atoms with E-state index in [1.807, 2.05) is 37.1 Å². The van der Waals surface area contributed by atoms with Crippen molar-refractivity contribution in [3.8, 4) is 0 Å². The minimum absolute atomic E-state index is 0.0713. The normalized spacial score (nSPS) is 14.3. The van der Waals surface area contributed by atoms with Crippen molar-refractivity contribution < 1.29 is 4.79 Å². The summed E-state index contributed by atoms with van der Waals surface area (Å²) in [6, 6.07) is 10.2. The van der Waals surface area contributed by atoms with Crippen molar-refractivity contribution in [1.82, 2.24) is 10.2 Å². The van der Waals surface area contributed by atoms with Gasteiger partial charge in [-0.25, -0.2) is 0 Å². The number of hydrogen-bond acceptors (Lipinski definition) is 2. The molecule has 0 bridgehead atoms. The van der Waals surface area contributed by atoms with E-state index in [1.165, 1.54) is 5.56 Å². The highest BCUT2D eigenvalue weighted by Crippen LogP contribution is 2.13. The van der Waals surface area contributed by atoms with Gasteiger partial charge in [0.25, 0.3) is 0 Å². The molecule has 0 saturated heterocycles. The second kappa shape index (κ2) is 7.17. The smallest absolute Gasteiger partial charge is 0.237 e. The zero-order chi connectivity index (χ0) is 13.5. The Hall–Kier alpha value is -1.35. The maximum absolute atomic E-state index is 11.9. The standard InChI is InChI=1S/C15H24N2O/c1-5-17(4)13(3)15(18)16-11-12(2)14-9-7-6-8-10-14/h6-10,12-13H,5,11H2,1-4H3,(H,16,18). The van der Waals surface area contributed by atoms with E-state index in [2.05, 4.69) is 31.3 Å². The zero-order valence-corrected chi connectivity index (χ0v) is 11.8. The Kier molecular flexibility index (Phi) is 5.86. The summed E-state index contributed by atoms with van der Waals surface area (Å²) in [6.45, 7) is 7.68. The Balaban J connectivity index is 2.43. The lowest BCUT2D eigenvalue weighted by Gasteiger charge is -2.23. The maximum Gasteiger partial charge on any atom is 0.237 e. The average Bonchev–Trinajstić information content (AvgIpc) is 2.43. The number of rotatable bonds is 6. The highest BCUT2D eigenvalue weighted by atomic mass is 16.2. The van der Waals surface area contributed by atoms with Crippen LogP contribution in [0.3, 0.4) is 0 Å². The zero-order valence-electron chi connectivity index (χ0n) is 11.8. The second-order valence-corrected chi connectivity index (χ2v) is 4.81. The van der Waals surface area contributed by atoms with Crippen molar-refractivity contribution in [2.45, 2.75) is 32.7 Å². The van der Waals surface area contributed by atoms with Crippen LogP contribution in [0.4, 0.5) is 0 Å². The van der Waals surface area contributed by atoms with E-state index in [-0.39, 0.29) is 11.9 Å². The first kappa shape index (κ1) is 14.7. The minimum atomic E-state index is -0.0713. The average molecular weight is 248 g/mol. The molecule has 3 heteroatoms. The van der Waals surface area contributed by atoms with Crippen LogP contribution in [0.2, 0.25) is 0 Å². The highest BCUT2D eigenvalue weighted by Gasteiger charge is 2.17. The molecule has 0 aliphatic heterocycles. The number of carbonyl (C=O) groups is 1. The Morgan fingerprint density at radius 2 is 1.89 bits per heavy atom. The predicted molar refractivity (Wildman–Crippen MR) is 75.6 cm³/mol. The fourth-order valence-corrected chi connectivity index (χ4v) is 1.77. The molecule has 2 unspecified atom stereocenters. The Labute approximate surface area is 110 Å². The van der Waals surface area contributed by atoms with Crippen molar-refractivity contribution in [3.63, 3.8) is 0 Å². The van der Waals surface area contributed by atoms with Crippen molar-refractivity contribution in [3.05, 3.63) is 35.9 Å². The molecule has 0 saturated carbocycles. The lowest BCUT2D eigenvalue weighted by atomic mass is 10.0. The third-order valence-corrected chi connectivity index (χ3v) is 3.49. The monoisotopic (exact) mass is 248 g/mol. The van der Waals surface area contributed by atoms with Crippen LogP contribution in [0.15, 0.2) is 30.3 Å². The molecule has 0 fully saturated rings. The van der Waals surface area contributed by atoms with E-state index in [0.29, 0.717) is 12.5 Å².